The van der Waals surface area contributed by atoms with E-state index in [0.29, 0.717) is 23.5 Å². The van der Waals surface area contributed by atoms with Crippen LogP contribution in [0, 0.1) is 0 Å². The molecule has 98 valence electrons. The Morgan fingerprint density at radius 1 is 1.28 bits per heavy atom. The van der Waals surface area contributed by atoms with Gasteiger partial charge in [-0.1, -0.05) is 0 Å². The SMILES string of the molecule is Nc1cc(N)cc(C(=O)N2CCCCC2CO)c1. The number of nitrogens with zero attached hydrogens (tertiary/aromatic N) is 1. The minimum absolute atomic E-state index is 0.00351. The number of piperidine rings is 1. The second-order valence-electron chi connectivity index (χ2n) is 4.72. The highest BCUT2D eigenvalue weighted by molar-refractivity contribution is 5.96. The van der Waals surface area contributed by atoms with Crippen molar-refractivity contribution in [3.05, 3.63) is 23.8 Å². The summed E-state index contributed by atoms with van der Waals surface area (Å²) in [5, 5.41) is 9.32. The molecule has 1 atom stereocenters. The fourth-order valence-electron chi connectivity index (χ4n) is 2.42. The first-order valence-electron chi connectivity index (χ1n) is 6.19. The van der Waals surface area contributed by atoms with E-state index in [9.17, 15) is 9.90 Å². The molecule has 1 saturated heterocycles. The summed E-state index contributed by atoms with van der Waals surface area (Å²) >= 11 is 0. The van der Waals surface area contributed by atoms with E-state index >= 15 is 0 Å². The van der Waals surface area contributed by atoms with E-state index < -0.39 is 0 Å². The van der Waals surface area contributed by atoms with Crippen LogP contribution in [0.5, 0.6) is 0 Å². The van der Waals surface area contributed by atoms with Gasteiger partial charge >= 0.3 is 0 Å². The average Bonchev–Trinajstić information content (AvgIpc) is 2.36. The molecule has 5 N–H and O–H groups in total. The smallest absolute Gasteiger partial charge is 0.254 e. The summed E-state index contributed by atoms with van der Waals surface area (Å²) in [5.41, 5.74) is 12.8. The second kappa shape index (κ2) is 5.27. The average molecular weight is 249 g/mol. The number of benzene rings is 1. The Hall–Kier alpha value is -1.75. The number of amides is 1. The molecule has 0 saturated carbocycles. The van der Waals surface area contributed by atoms with Crippen LogP contribution in [0.25, 0.3) is 0 Å². The van der Waals surface area contributed by atoms with Crippen molar-refractivity contribution in [2.75, 3.05) is 24.6 Å². The third kappa shape index (κ3) is 2.56. The molecule has 1 heterocycles. The summed E-state index contributed by atoms with van der Waals surface area (Å²) in [6, 6.07) is 4.79. The van der Waals surface area contributed by atoms with Crippen molar-refractivity contribution in [3.63, 3.8) is 0 Å². The number of carbonyl (C=O) groups is 1. The van der Waals surface area contributed by atoms with Gasteiger partial charge in [0.05, 0.1) is 12.6 Å². The Labute approximate surface area is 106 Å². The molecule has 0 bridgehead atoms. The summed E-state index contributed by atoms with van der Waals surface area (Å²) in [6.07, 6.45) is 2.87. The van der Waals surface area contributed by atoms with Gasteiger partial charge in [0.15, 0.2) is 0 Å². The van der Waals surface area contributed by atoms with Crippen molar-refractivity contribution in [1.29, 1.82) is 0 Å². The number of carbonyl (C=O) groups excluding carboxylic acids is 1. The van der Waals surface area contributed by atoms with Gasteiger partial charge in [-0.15, -0.1) is 0 Å². The van der Waals surface area contributed by atoms with Gasteiger partial charge in [-0.25, -0.2) is 0 Å². The number of likely N-dealkylation sites (tertiary alicyclic amines) is 1. The van der Waals surface area contributed by atoms with E-state index in [1.165, 1.54) is 0 Å². The minimum atomic E-state index is -0.104. The lowest BCUT2D eigenvalue weighted by molar-refractivity contribution is 0.0503. The molecule has 5 heteroatoms. The first kappa shape index (κ1) is 12.7. The Bertz CT molecular complexity index is 428. The molecular formula is C13H19N3O2. The van der Waals surface area contributed by atoms with Crippen LogP contribution in [0.3, 0.4) is 0 Å². The normalized spacial score (nSPS) is 19.8. The van der Waals surface area contributed by atoms with E-state index in [4.69, 9.17) is 11.5 Å². The van der Waals surface area contributed by atoms with Crippen molar-refractivity contribution in [2.45, 2.75) is 25.3 Å². The van der Waals surface area contributed by atoms with E-state index in [-0.39, 0.29) is 18.6 Å². The number of hydrogen-bond donors (Lipinski definition) is 3. The fourth-order valence-corrected chi connectivity index (χ4v) is 2.42. The number of rotatable bonds is 2. The molecule has 1 aromatic carbocycles. The van der Waals surface area contributed by atoms with Crippen LogP contribution < -0.4 is 11.5 Å². The van der Waals surface area contributed by atoms with Crippen LogP contribution >= 0.6 is 0 Å². The third-order valence-electron chi connectivity index (χ3n) is 3.32. The van der Waals surface area contributed by atoms with Crippen LogP contribution in [-0.4, -0.2) is 35.1 Å². The quantitative estimate of drug-likeness (QED) is 0.677. The predicted molar refractivity (Wildman–Crippen MR) is 71.0 cm³/mol. The standard InChI is InChI=1S/C13H19N3O2/c14-10-5-9(6-11(15)7-10)13(18)16-4-2-1-3-12(16)8-17/h5-7,12,17H,1-4,8,14-15H2. The molecule has 2 rings (SSSR count). The van der Waals surface area contributed by atoms with Crippen molar-refractivity contribution in [2.24, 2.45) is 0 Å². The monoisotopic (exact) mass is 249 g/mol. The fraction of sp³-hybridized carbons (Fsp3) is 0.462. The Morgan fingerprint density at radius 2 is 1.94 bits per heavy atom. The van der Waals surface area contributed by atoms with E-state index in [0.717, 1.165) is 19.3 Å². The molecule has 0 aromatic heterocycles. The van der Waals surface area contributed by atoms with Crippen LogP contribution in [0.4, 0.5) is 11.4 Å². The van der Waals surface area contributed by atoms with Crippen molar-refractivity contribution in [1.82, 2.24) is 4.90 Å². The molecule has 1 aliphatic heterocycles. The van der Waals surface area contributed by atoms with Crippen molar-refractivity contribution < 1.29 is 9.90 Å². The van der Waals surface area contributed by atoms with Crippen molar-refractivity contribution >= 4 is 17.3 Å². The molecule has 1 aliphatic rings. The highest BCUT2D eigenvalue weighted by atomic mass is 16.3. The highest BCUT2D eigenvalue weighted by Gasteiger charge is 2.27. The number of aliphatic hydroxyl groups is 1. The third-order valence-corrected chi connectivity index (χ3v) is 3.32. The molecule has 0 radical (unpaired) electrons. The summed E-state index contributed by atoms with van der Waals surface area (Å²) in [7, 11) is 0. The second-order valence-corrected chi connectivity index (χ2v) is 4.72. The largest absolute Gasteiger partial charge is 0.399 e. The molecule has 5 nitrogen and oxygen atoms in total. The van der Waals surface area contributed by atoms with Gasteiger partial charge in [0, 0.05) is 23.5 Å². The summed E-state index contributed by atoms with van der Waals surface area (Å²) < 4.78 is 0. The van der Waals surface area contributed by atoms with Gasteiger partial charge in [0.25, 0.3) is 5.91 Å². The predicted octanol–water partition coefficient (Wildman–Crippen LogP) is 0.838. The van der Waals surface area contributed by atoms with Crippen molar-refractivity contribution in [3.8, 4) is 0 Å². The van der Waals surface area contributed by atoms with Gasteiger partial charge in [0.2, 0.25) is 0 Å². The summed E-state index contributed by atoms with van der Waals surface area (Å²) in [5.74, 6) is -0.104. The van der Waals surface area contributed by atoms with Gasteiger partial charge in [-0.2, -0.15) is 0 Å². The van der Waals surface area contributed by atoms with Crippen LogP contribution in [0.15, 0.2) is 18.2 Å². The maximum atomic E-state index is 12.4. The molecule has 1 amide bonds. The van der Waals surface area contributed by atoms with Crippen LogP contribution in [0.2, 0.25) is 0 Å². The molecule has 18 heavy (non-hydrogen) atoms. The number of nitrogen functional groups attached to an aromatic ring is 2. The molecule has 0 aliphatic carbocycles. The zero-order valence-electron chi connectivity index (χ0n) is 10.3. The molecule has 0 spiro atoms. The lowest BCUT2D eigenvalue weighted by Gasteiger charge is -2.34. The maximum absolute atomic E-state index is 12.4. The topological polar surface area (TPSA) is 92.6 Å². The number of hydrogen-bond acceptors (Lipinski definition) is 4. The molecule has 1 fully saturated rings. The lowest BCUT2D eigenvalue weighted by Crippen LogP contribution is -2.45. The highest BCUT2D eigenvalue weighted by Crippen LogP contribution is 2.21. The van der Waals surface area contributed by atoms with Gasteiger partial charge < -0.3 is 21.5 Å². The molecule has 1 aromatic rings. The first-order chi connectivity index (χ1) is 8.61. The number of anilines is 2. The molecular weight excluding hydrogens is 230 g/mol. The Kier molecular flexibility index (Phi) is 3.72. The summed E-state index contributed by atoms with van der Waals surface area (Å²) in [4.78, 5) is 14.1. The van der Waals surface area contributed by atoms with Gasteiger partial charge in [-0.3, -0.25) is 4.79 Å². The van der Waals surface area contributed by atoms with Gasteiger partial charge in [0.1, 0.15) is 0 Å². The minimum Gasteiger partial charge on any atom is -0.399 e. The lowest BCUT2D eigenvalue weighted by atomic mass is 10.0. The zero-order chi connectivity index (χ0) is 13.1. The summed E-state index contributed by atoms with van der Waals surface area (Å²) in [6.45, 7) is 0.683. The van der Waals surface area contributed by atoms with Crippen LogP contribution in [0.1, 0.15) is 29.6 Å². The van der Waals surface area contributed by atoms with E-state index in [2.05, 4.69) is 0 Å². The van der Waals surface area contributed by atoms with Gasteiger partial charge in [-0.05, 0) is 37.5 Å². The number of aliphatic hydroxyl groups excluding tert-OH is 1. The van der Waals surface area contributed by atoms with E-state index in [1.807, 2.05) is 0 Å². The number of nitrogens with two attached hydrogens (primary N) is 2. The zero-order valence-corrected chi connectivity index (χ0v) is 10.3. The maximum Gasteiger partial charge on any atom is 0.254 e. The molecule has 1 unspecified atom stereocenters. The Morgan fingerprint density at radius 3 is 2.56 bits per heavy atom. The van der Waals surface area contributed by atoms with E-state index in [1.54, 1.807) is 23.1 Å². The van der Waals surface area contributed by atoms with Crippen LogP contribution in [-0.2, 0) is 0 Å². The Balaban J connectivity index is 2.23. The first-order valence-corrected chi connectivity index (χ1v) is 6.19.